The van der Waals surface area contributed by atoms with Crippen molar-refractivity contribution in [1.29, 1.82) is 0 Å². The van der Waals surface area contributed by atoms with Crippen LogP contribution in [0.3, 0.4) is 0 Å². The van der Waals surface area contributed by atoms with Gasteiger partial charge in [-0.15, -0.1) is 0 Å². The van der Waals surface area contributed by atoms with Crippen LogP contribution in [0.15, 0.2) is 60.8 Å². The number of nitrogens with two attached hydrogens (primary N) is 1. The van der Waals surface area contributed by atoms with Gasteiger partial charge in [0.15, 0.2) is 5.69 Å². The third-order valence-electron chi connectivity index (χ3n) is 7.95. The Morgan fingerprint density at radius 3 is 2.28 bits per heavy atom. The third kappa shape index (κ3) is 7.32. The summed E-state index contributed by atoms with van der Waals surface area (Å²) < 4.78 is 5.34. The highest BCUT2D eigenvalue weighted by atomic mass is 16.5. The molecule has 0 aliphatic carbocycles. The van der Waals surface area contributed by atoms with Crippen LogP contribution in [-0.4, -0.2) is 73.0 Å². The van der Waals surface area contributed by atoms with E-state index < -0.39 is 5.91 Å². The summed E-state index contributed by atoms with van der Waals surface area (Å²) in [5.74, 6) is -0.771. The molecular weight excluding hydrogens is 544 g/mol. The lowest BCUT2D eigenvalue weighted by atomic mass is 9.86. The van der Waals surface area contributed by atoms with Gasteiger partial charge in [0.2, 0.25) is 0 Å². The van der Waals surface area contributed by atoms with Gasteiger partial charge in [0.05, 0.1) is 30.8 Å². The Morgan fingerprint density at radius 1 is 0.953 bits per heavy atom. The number of primary amides is 1. The van der Waals surface area contributed by atoms with Crippen LogP contribution in [0.2, 0.25) is 0 Å². The highest BCUT2D eigenvalue weighted by Gasteiger charge is 2.24. The van der Waals surface area contributed by atoms with Gasteiger partial charge < -0.3 is 30.9 Å². The lowest BCUT2D eigenvalue weighted by molar-refractivity contribution is 0.0303. The number of rotatable bonds is 7. The van der Waals surface area contributed by atoms with Gasteiger partial charge in [0.25, 0.3) is 17.7 Å². The van der Waals surface area contributed by atoms with E-state index in [1.807, 2.05) is 30.3 Å². The molecule has 2 aliphatic heterocycles. The predicted molar refractivity (Wildman–Crippen MR) is 167 cm³/mol. The Balaban J connectivity index is 1.26. The summed E-state index contributed by atoms with van der Waals surface area (Å²) in [5, 5.41) is 6.44. The van der Waals surface area contributed by atoms with Gasteiger partial charge in [-0.3, -0.25) is 14.4 Å². The van der Waals surface area contributed by atoms with Gasteiger partial charge in [-0.25, -0.2) is 4.98 Å². The minimum Gasteiger partial charge on any atom is -0.378 e. The lowest BCUT2D eigenvalue weighted by Gasteiger charge is -2.35. The first-order valence-electron chi connectivity index (χ1n) is 14.8. The highest BCUT2D eigenvalue weighted by Crippen LogP contribution is 2.28. The number of morpholine rings is 1. The normalized spacial score (nSPS) is 17.3. The van der Waals surface area contributed by atoms with E-state index in [1.165, 1.54) is 5.56 Å². The van der Waals surface area contributed by atoms with E-state index >= 15 is 0 Å². The van der Waals surface area contributed by atoms with Crippen molar-refractivity contribution in [3.8, 4) is 0 Å². The first-order chi connectivity index (χ1) is 20.6. The molecule has 226 valence electrons. The van der Waals surface area contributed by atoms with Gasteiger partial charge in [-0.05, 0) is 66.3 Å². The average Bonchev–Trinajstić information content (AvgIpc) is 3.01. The Hall–Kier alpha value is -4.44. The van der Waals surface area contributed by atoms with Crippen molar-refractivity contribution >= 4 is 34.8 Å². The second kappa shape index (κ2) is 12.8. The van der Waals surface area contributed by atoms with Crippen LogP contribution >= 0.6 is 0 Å². The van der Waals surface area contributed by atoms with E-state index in [-0.39, 0.29) is 29.0 Å². The number of anilines is 3. The molecule has 0 spiro atoms. The zero-order valence-electron chi connectivity index (χ0n) is 25.1. The van der Waals surface area contributed by atoms with Gasteiger partial charge in [-0.1, -0.05) is 32.9 Å². The molecule has 1 atom stereocenters. The molecule has 1 aromatic heterocycles. The zero-order chi connectivity index (χ0) is 30.6. The fraction of sp³-hybridized carbons (Fsp3) is 0.394. The molecule has 3 amide bonds. The lowest BCUT2D eigenvalue weighted by Crippen LogP contribution is -2.47. The summed E-state index contributed by atoms with van der Waals surface area (Å²) in [6, 6.07) is 16.7. The van der Waals surface area contributed by atoms with E-state index in [0.29, 0.717) is 55.3 Å². The number of aromatic nitrogens is 1. The van der Waals surface area contributed by atoms with Crippen molar-refractivity contribution in [3.05, 3.63) is 83.2 Å². The first-order valence-corrected chi connectivity index (χ1v) is 14.8. The molecule has 0 saturated carbocycles. The molecule has 10 heteroatoms. The topological polar surface area (TPSA) is 130 Å². The fourth-order valence-electron chi connectivity index (χ4n) is 5.44. The van der Waals surface area contributed by atoms with Crippen LogP contribution in [-0.2, 0) is 10.2 Å². The summed E-state index contributed by atoms with van der Waals surface area (Å²) >= 11 is 0. The Bertz CT molecular complexity index is 1460. The summed E-state index contributed by atoms with van der Waals surface area (Å²) in [6.45, 7) is 10.1. The number of carbonyl (C=O) groups excluding carboxylic acids is 3. The van der Waals surface area contributed by atoms with Gasteiger partial charge >= 0.3 is 0 Å². The summed E-state index contributed by atoms with van der Waals surface area (Å²) in [5.41, 5.74) is 10.2. The van der Waals surface area contributed by atoms with Crippen molar-refractivity contribution < 1.29 is 19.1 Å². The molecule has 43 heavy (non-hydrogen) atoms. The predicted octanol–water partition coefficient (Wildman–Crippen LogP) is 4.09. The summed E-state index contributed by atoms with van der Waals surface area (Å²) in [7, 11) is 0. The minimum absolute atomic E-state index is 0.0240. The maximum Gasteiger partial charge on any atom is 0.269 e. The second-order valence-corrected chi connectivity index (χ2v) is 12.1. The number of carbonyl (C=O) groups is 3. The summed E-state index contributed by atoms with van der Waals surface area (Å²) in [4.78, 5) is 46.3. The van der Waals surface area contributed by atoms with E-state index in [4.69, 9.17) is 10.5 Å². The van der Waals surface area contributed by atoms with Crippen molar-refractivity contribution in [3.63, 3.8) is 0 Å². The number of ether oxygens (including phenoxy) is 1. The van der Waals surface area contributed by atoms with Crippen LogP contribution in [0, 0.1) is 0 Å². The summed E-state index contributed by atoms with van der Waals surface area (Å²) in [6.07, 6.45) is 3.41. The Kier molecular flexibility index (Phi) is 8.96. The van der Waals surface area contributed by atoms with Crippen molar-refractivity contribution in [2.45, 2.75) is 45.1 Å². The highest BCUT2D eigenvalue weighted by molar-refractivity contribution is 5.98. The molecule has 4 N–H and O–H groups in total. The number of nitrogens with one attached hydrogen (secondary N) is 2. The molecular formula is C33H40N6O4. The largest absolute Gasteiger partial charge is 0.378 e. The molecule has 2 saturated heterocycles. The van der Waals surface area contributed by atoms with Gasteiger partial charge in [0.1, 0.15) is 0 Å². The Labute approximate surface area is 252 Å². The molecule has 2 aliphatic rings. The molecule has 2 aromatic carbocycles. The molecule has 0 bridgehead atoms. The first kappa shape index (κ1) is 30.0. The average molecular weight is 585 g/mol. The number of amides is 3. The van der Waals surface area contributed by atoms with Crippen LogP contribution in [0.25, 0.3) is 0 Å². The van der Waals surface area contributed by atoms with Crippen LogP contribution in [0.1, 0.15) is 70.4 Å². The number of nitrogens with zero attached hydrogens (tertiary/aromatic N) is 3. The van der Waals surface area contributed by atoms with Crippen LogP contribution in [0.5, 0.6) is 0 Å². The number of benzene rings is 2. The second-order valence-electron chi connectivity index (χ2n) is 12.1. The number of piperidine rings is 1. The standard InChI is InChI=1S/C33H40N6O4/c1-33(2,3)24-10-6-22(7-11-24)31(41)37-26-5-4-14-39(21-26)27-19-28(29(30(34)40)35-20-27)36-25-12-8-23(9-13-25)32(42)38-15-17-43-18-16-38/h6-13,19-20,26,36H,4-5,14-18,21H2,1-3H3,(H2,34,40)(H,37,41)/t26-/m1/s1. The van der Waals surface area contributed by atoms with E-state index in [0.717, 1.165) is 25.1 Å². The fourth-order valence-corrected chi connectivity index (χ4v) is 5.44. The van der Waals surface area contributed by atoms with Crippen LogP contribution in [0.4, 0.5) is 17.1 Å². The number of hydrogen-bond acceptors (Lipinski definition) is 7. The quantitative estimate of drug-likeness (QED) is 0.381. The molecule has 3 heterocycles. The monoisotopic (exact) mass is 584 g/mol. The third-order valence-corrected chi connectivity index (χ3v) is 7.95. The van der Waals surface area contributed by atoms with Crippen LogP contribution < -0.4 is 21.3 Å². The zero-order valence-corrected chi connectivity index (χ0v) is 25.1. The minimum atomic E-state index is -0.644. The smallest absolute Gasteiger partial charge is 0.269 e. The van der Waals surface area contributed by atoms with E-state index in [2.05, 4.69) is 41.3 Å². The molecule has 2 fully saturated rings. The molecule has 3 aromatic rings. The number of hydrogen-bond donors (Lipinski definition) is 3. The van der Waals surface area contributed by atoms with Crippen molar-refractivity contribution in [1.82, 2.24) is 15.2 Å². The van der Waals surface area contributed by atoms with Gasteiger partial charge in [-0.2, -0.15) is 0 Å². The SMILES string of the molecule is CC(C)(C)c1ccc(C(=O)N[C@@H]2CCCN(c3cnc(C(N)=O)c(Nc4ccc(C(=O)N5CCOCC5)cc4)c3)C2)cc1. The maximum atomic E-state index is 13.0. The van der Waals surface area contributed by atoms with Gasteiger partial charge in [0, 0.05) is 49.0 Å². The molecule has 10 nitrogen and oxygen atoms in total. The Morgan fingerprint density at radius 2 is 1.63 bits per heavy atom. The molecule has 5 rings (SSSR count). The molecule has 0 unspecified atom stereocenters. The van der Waals surface area contributed by atoms with E-state index in [1.54, 1.807) is 35.4 Å². The van der Waals surface area contributed by atoms with E-state index in [9.17, 15) is 14.4 Å². The maximum absolute atomic E-state index is 13.0. The molecule has 0 radical (unpaired) electrons. The van der Waals surface area contributed by atoms with Crippen molar-refractivity contribution in [2.75, 3.05) is 49.6 Å². The van der Waals surface area contributed by atoms with Crippen molar-refractivity contribution in [2.24, 2.45) is 5.73 Å². The number of pyridine rings is 1.